The number of methoxy groups -OCH3 is 1. The molecule has 1 aromatic carbocycles. The summed E-state index contributed by atoms with van der Waals surface area (Å²) in [6, 6.07) is 8.51. The predicted molar refractivity (Wildman–Crippen MR) is 87.9 cm³/mol. The zero-order valence-corrected chi connectivity index (χ0v) is 13.4. The van der Waals surface area contributed by atoms with Crippen LogP contribution < -0.4 is 10.1 Å². The highest BCUT2D eigenvalue weighted by Gasteiger charge is 2.14. The average Bonchev–Trinajstić information content (AvgIpc) is 3.04. The number of anilines is 1. The van der Waals surface area contributed by atoms with Crippen molar-refractivity contribution in [2.75, 3.05) is 12.4 Å². The van der Waals surface area contributed by atoms with Crippen LogP contribution in [0.4, 0.5) is 5.69 Å². The lowest BCUT2D eigenvalue weighted by molar-refractivity contribution is -0.115. The van der Waals surface area contributed by atoms with Crippen molar-refractivity contribution in [3.8, 4) is 17.2 Å². The number of carbonyl (C=O) groups is 1. The minimum absolute atomic E-state index is 0.0422. The Morgan fingerprint density at radius 2 is 2.25 bits per heavy atom. The van der Waals surface area contributed by atoms with Gasteiger partial charge in [0.2, 0.25) is 5.91 Å². The van der Waals surface area contributed by atoms with Crippen LogP contribution in [0, 0.1) is 0 Å². The van der Waals surface area contributed by atoms with Crippen molar-refractivity contribution in [2.45, 2.75) is 6.42 Å². The molecule has 0 atom stereocenters. The summed E-state index contributed by atoms with van der Waals surface area (Å²) >= 11 is 5.94. The van der Waals surface area contributed by atoms with Gasteiger partial charge in [-0.3, -0.25) is 9.78 Å². The number of nitrogens with zero attached hydrogens (tertiary/aromatic N) is 3. The van der Waals surface area contributed by atoms with E-state index >= 15 is 0 Å². The van der Waals surface area contributed by atoms with Crippen molar-refractivity contribution in [3.05, 3.63) is 53.6 Å². The highest BCUT2D eigenvalue weighted by molar-refractivity contribution is 6.31. The molecule has 0 aliphatic rings. The maximum absolute atomic E-state index is 12.2. The molecule has 0 radical (unpaired) electrons. The van der Waals surface area contributed by atoms with Gasteiger partial charge in [-0.1, -0.05) is 16.8 Å². The third kappa shape index (κ3) is 3.69. The molecule has 0 spiro atoms. The van der Waals surface area contributed by atoms with E-state index in [1.807, 2.05) is 0 Å². The zero-order chi connectivity index (χ0) is 16.9. The van der Waals surface area contributed by atoms with Crippen molar-refractivity contribution >= 4 is 23.2 Å². The normalized spacial score (nSPS) is 10.4. The number of hydrogen-bond donors (Lipinski definition) is 1. The first-order valence-corrected chi connectivity index (χ1v) is 7.40. The van der Waals surface area contributed by atoms with Crippen LogP contribution in [0.5, 0.6) is 5.75 Å². The Morgan fingerprint density at radius 1 is 1.38 bits per heavy atom. The van der Waals surface area contributed by atoms with Crippen LogP contribution in [-0.4, -0.2) is 28.1 Å². The molecule has 0 saturated heterocycles. The number of pyridine rings is 1. The van der Waals surface area contributed by atoms with E-state index in [-0.39, 0.29) is 18.2 Å². The fourth-order valence-electron chi connectivity index (χ4n) is 2.05. The molecule has 0 bridgehead atoms. The first-order chi connectivity index (χ1) is 11.7. The fourth-order valence-corrected chi connectivity index (χ4v) is 2.22. The third-order valence-corrected chi connectivity index (χ3v) is 3.37. The molecule has 0 unspecified atom stereocenters. The molecule has 1 amide bonds. The first-order valence-electron chi connectivity index (χ1n) is 7.02. The maximum atomic E-state index is 12.2. The van der Waals surface area contributed by atoms with E-state index in [4.69, 9.17) is 20.9 Å². The molecule has 7 nitrogen and oxygen atoms in total. The second kappa shape index (κ2) is 7.10. The number of rotatable bonds is 5. The fraction of sp³-hybridized carbons (Fsp3) is 0.125. The molecule has 0 saturated carbocycles. The molecule has 0 aliphatic carbocycles. The first kappa shape index (κ1) is 15.9. The summed E-state index contributed by atoms with van der Waals surface area (Å²) in [4.78, 5) is 20.3. The van der Waals surface area contributed by atoms with Crippen molar-refractivity contribution in [3.63, 3.8) is 0 Å². The van der Waals surface area contributed by atoms with Gasteiger partial charge in [-0.2, -0.15) is 4.98 Å². The van der Waals surface area contributed by atoms with Gasteiger partial charge in [-0.25, -0.2) is 0 Å². The van der Waals surface area contributed by atoms with Crippen molar-refractivity contribution in [1.29, 1.82) is 0 Å². The van der Waals surface area contributed by atoms with Crippen LogP contribution in [0.2, 0.25) is 5.02 Å². The number of nitrogens with one attached hydrogen (secondary N) is 1. The monoisotopic (exact) mass is 344 g/mol. The maximum Gasteiger partial charge on any atom is 0.259 e. The Hall–Kier alpha value is -2.93. The lowest BCUT2D eigenvalue weighted by atomic mass is 10.2. The second-order valence-corrected chi connectivity index (χ2v) is 5.26. The molecule has 0 fully saturated rings. The van der Waals surface area contributed by atoms with Crippen molar-refractivity contribution < 1.29 is 14.1 Å². The van der Waals surface area contributed by atoms with Crippen LogP contribution in [0.3, 0.4) is 0 Å². The minimum Gasteiger partial charge on any atom is -0.495 e. The van der Waals surface area contributed by atoms with E-state index in [2.05, 4.69) is 20.4 Å². The SMILES string of the molecule is COc1ccc(Cl)cc1NC(=O)Cc1noc(-c2cccnc2)n1. The van der Waals surface area contributed by atoms with Gasteiger partial charge >= 0.3 is 0 Å². The summed E-state index contributed by atoms with van der Waals surface area (Å²) in [5, 5.41) is 7.01. The summed E-state index contributed by atoms with van der Waals surface area (Å²) < 4.78 is 10.3. The second-order valence-electron chi connectivity index (χ2n) is 4.83. The Kier molecular flexibility index (Phi) is 4.72. The molecule has 1 N–H and O–H groups in total. The molecule has 8 heteroatoms. The van der Waals surface area contributed by atoms with E-state index in [1.54, 1.807) is 42.7 Å². The summed E-state index contributed by atoms with van der Waals surface area (Å²) in [7, 11) is 1.51. The third-order valence-electron chi connectivity index (χ3n) is 3.13. The molecule has 3 rings (SSSR count). The molecule has 3 aromatic rings. The van der Waals surface area contributed by atoms with Crippen LogP contribution in [0.25, 0.3) is 11.5 Å². The van der Waals surface area contributed by atoms with Gasteiger partial charge in [-0.15, -0.1) is 0 Å². The Morgan fingerprint density at radius 3 is 3.00 bits per heavy atom. The number of amides is 1. The quantitative estimate of drug-likeness (QED) is 0.765. The number of aromatic nitrogens is 3. The Bertz CT molecular complexity index is 852. The largest absolute Gasteiger partial charge is 0.495 e. The van der Waals surface area contributed by atoms with E-state index in [0.29, 0.717) is 27.9 Å². The average molecular weight is 345 g/mol. The van der Waals surface area contributed by atoms with Crippen LogP contribution in [0.1, 0.15) is 5.82 Å². The van der Waals surface area contributed by atoms with Crippen molar-refractivity contribution in [2.24, 2.45) is 0 Å². The lowest BCUT2D eigenvalue weighted by Crippen LogP contribution is -2.15. The summed E-state index contributed by atoms with van der Waals surface area (Å²) in [5.41, 5.74) is 1.17. The highest BCUT2D eigenvalue weighted by atomic mass is 35.5. The molecule has 0 aliphatic heterocycles. The molecular formula is C16H13ClN4O3. The van der Waals surface area contributed by atoms with Crippen LogP contribution in [0.15, 0.2) is 47.2 Å². The summed E-state index contributed by atoms with van der Waals surface area (Å²) in [6.07, 6.45) is 3.21. The minimum atomic E-state index is -0.311. The molecule has 2 heterocycles. The predicted octanol–water partition coefficient (Wildman–Crippen LogP) is 2.97. The Balaban J connectivity index is 1.70. The Labute approximate surface area is 142 Å². The summed E-state index contributed by atoms with van der Waals surface area (Å²) in [5.74, 6) is 0.782. The van der Waals surface area contributed by atoms with Gasteiger partial charge in [0, 0.05) is 17.4 Å². The van der Waals surface area contributed by atoms with Crippen molar-refractivity contribution in [1.82, 2.24) is 15.1 Å². The van der Waals surface area contributed by atoms with Gasteiger partial charge < -0.3 is 14.6 Å². The molecule has 122 valence electrons. The van der Waals surface area contributed by atoms with Crippen LogP contribution in [-0.2, 0) is 11.2 Å². The van der Waals surface area contributed by atoms with E-state index < -0.39 is 0 Å². The van der Waals surface area contributed by atoms with Crippen LogP contribution >= 0.6 is 11.6 Å². The topological polar surface area (TPSA) is 90.1 Å². The summed E-state index contributed by atoms with van der Waals surface area (Å²) in [6.45, 7) is 0. The molecular weight excluding hydrogens is 332 g/mol. The number of benzene rings is 1. The number of ether oxygens (including phenoxy) is 1. The molecule has 24 heavy (non-hydrogen) atoms. The van der Waals surface area contributed by atoms with Gasteiger partial charge in [0.15, 0.2) is 5.82 Å². The van der Waals surface area contributed by atoms with Gasteiger partial charge in [-0.05, 0) is 30.3 Å². The van der Waals surface area contributed by atoms with Gasteiger partial charge in [0.05, 0.1) is 24.8 Å². The van der Waals surface area contributed by atoms with E-state index in [1.165, 1.54) is 7.11 Å². The van der Waals surface area contributed by atoms with Gasteiger partial charge in [0.1, 0.15) is 5.75 Å². The number of hydrogen-bond acceptors (Lipinski definition) is 6. The number of carbonyl (C=O) groups excluding carboxylic acids is 1. The zero-order valence-electron chi connectivity index (χ0n) is 12.7. The van der Waals surface area contributed by atoms with E-state index in [9.17, 15) is 4.79 Å². The molecule has 2 aromatic heterocycles. The van der Waals surface area contributed by atoms with Gasteiger partial charge in [0.25, 0.3) is 5.89 Å². The lowest BCUT2D eigenvalue weighted by Gasteiger charge is -2.09. The highest BCUT2D eigenvalue weighted by Crippen LogP contribution is 2.27. The smallest absolute Gasteiger partial charge is 0.259 e. The van der Waals surface area contributed by atoms with E-state index in [0.717, 1.165) is 0 Å². The standard InChI is InChI=1S/C16H13ClN4O3/c1-23-13-5-4-11(17)7-12(13)19-15(22)8-14-20-16(24-21-14)10-3-2-6-18-9-10/h2-7,9H,8H2,1H3,(H,19,22). The number of halogens is 1.